The Morgan fingerprint density at radius 1 is 0.892 bits per heavy atom. The van der Waals surface area contributed by atoms with E-state index in [0.717, 1.165) is 59.0 Å². The van der Waals surface area contributed by atoms with Gasteiger partial charge < -0.3 is 9.30 Å². The third kappa shape index (κ3) is 5.29. The minimum atomic E-state index is -0.571. The summed E-state index contributed by atoms with van der Waals surface area (Å²) in [5.41, 5.74) is 5.33. The van der Waals surface area contributed by atoms with Crippen LogP contribution in [0.1, 0.15) is 62.3 Å². The van der Waals surface area contributed by atoms with E-state index in [1.807, 2.05) is 57.2 Å². The Balaban J connectivity index is 1.51. The second-order valence-corrected chi connectivity index (χ2v) is 10.6. The fraction of sp³-hybridized carbons (Fsp3) is 0.273. The Hall–Kier alpha value is -3.92. The standard InChI is InChI=1S/C33H34N2O2/c1-5-6-15-30-34-28-13-9-10-14-29(28)35(30)22-23-16-18-25(19-17-23)27-21-20-24-11-7-8-12-26(24)31(27)32(36)37-33(2,3)4/h7-14,16-21H,5-6,15,22H2,1-4H3. The number of nitrogens with zero attached hydrogens (tertiary/aromatic N) is 2. The largest absolute Gasteiger partial charge is 0.456 e. The number of aromatic nitrogens is 2. The van der Waals surface area contributed by atoms with Crippen molar-refractivity contribution in [2.45, 2.75) is 59.1 Å². The van der Waals surface area contributed by atoms with Crippen LogP contribution in [-0.4, -0.2) is 21.1 Å². The lowest BCUT2D eigenvalue weighted by atomic mass is 9.93. The number of ether oxygens (including phenoxy) is 1. The van der Waals surface area contributed by atoms with Gasteiger partial charge in [-0.3, -0.25) is 0 Å². The molecule has 37 heavy (non-hydrogen) atoms. The molecule has 0 unspecified atom stereocenters. The molecule has 5 rings (SSSR count). The molecule has 0 aliphatic carbocycles. The highest BCUT2D eigenvalue weighted by Gasteiger charge is 2.23. The van der Waals surface area contributed by atoms with Crippen molar-refractivity contribution in [2.75, 3.05) is 0 Å². The highest BCUT2D eigenvalue weighted by Crippen LogP contribution is 2.32. The predicted molar refractivity (Wildman–Crippen MR) is 152 cm³/mol. The molecule has 0 amide bonds. The van der Waals surface area contributed by atoms with E-state index in [9.17, 15) is 4.79 Å². The summed E-state index contributed by atoms with van der Waals surface area (Å²) < 4.78 is 8.16. The molecule has 0 N–H and O–H groups in total. The summed E-state index contributed by atoms with van der Waals surface area (Å²) in [7, 11) is 0. The zero-order valence-corrected chi connectivity index (χ0v) is 22.1. The second kappa shape index (κ2) is 10.2. The first-order valence-corrected chi connectivity index (χ1v) is 13.1. The Morgan fingerprint density at radius 3 is 2.38 bits per heavy atom. The summed E-state index contributed by atoms with van der Waals surface area (Å²) in [4.78, 5) is 18.3. The molecular weight excluding hydrogens is 456 g/mol. The third-order valence-corrected chi connectivity index (χ3v) is 6.63. The first-order chi connectivity index (χ1) is 17.8. The van der Waals surface area contributed by atoms with Gasteiger partial charge in [0.15, 0.2) is 0 Å². The zero-order valence-electron chi connectivity index (χ0n) is 22.1. The van der Waals surface area contributed by atoms with Gasteiger partial charge in [-0.1, -0.05) is 86.1 Å². The molecule has 0 spiro atoms. The lowest BCUT2D eigenvalue weighted by Gasteiger charge is -2.21. The topological polar surface area (TPSA) is 44.1 Å². The lowest BCUT2D eigenvalue weighted by Crippen LogP contribution is -2.24. The molecule has 0 saturated carbocycles. The molecule has 5 aromatic rings. The molecular formula is C33H34N2O2. The van der Waals surface area contributed by atoms with Crippen molar-refractivity contribution in [1.82, 2.24) is 9.55 Å². The highest BCUT2D eigenvalue weighted by atomic mass is 16.6. The van der Waals surface area contributed by atoms with Gasteiger partial charge in [0, 0.05) is 13.0 Å². The number of hydrogen-bond donors (Lipinski definition) is 0. The number of hydrogen-bond acceptors (Lipinski definition) is 3. The van der Waals surface area contributed by atoms with E-state index in [-0.39, 0.29) is 5.97 Å². The van der Waals surface area contributed by atoms with Gasteiger partial charge in [-0.05, 0) is 66.8 Å². The van der Waals surface area contributed by atoms with Crippen molar-refractivity contribution in [3.63, 3.8) is 0 Å². The van der Waals surface area contributed by atoms with Crippen LogP contribution in [0.15, 0.2) is 84.9 Å². The van der Waals surface area contributed by atoms with Gasteiger partial charge in [0.05, 0.1) is 16.6 Å². The summed E-state index contributed by atoms with van der Waals surface area (Å²) in [6.45, 7) is 8.68. The average Bonchev–Trinajstić information content (AvgIpc) is 3.23. The van der Waals surface area contributed by atoms with E-state index in [0.29, 0.717) is 5.56 Å². The molecule has 1 aromatic heterocycles. The van der Waals surface area contributed by atoms with Gasteiger partial charge >= 0.3 is 5.97 Å². The monoisotopic (exact) mass is 490 g/mol. The molecule has 0 aliphatic rings. The van der Waals surface area contributed by atoms with E-state index in [2.05, 4.69) is 60.0 Å². The number of carbonyl (C=O) groups excluding carboxylic acids is 1. The summed E-state index contributed by atoms with van der Waals surface area (Å²) >= 11 is 0. The molecule has 0 atom stereocenters. The van der Waals surface area contributed by atoms with E-state index in [4.69, 9.17) is 9.72 Å². The number of imidazole rings is 1. The van der Waals surface area contributed by atoms with Crippen molar-refractivity contribution in [3.8, 4) is 11.1 Å². The Kier molecular flexibility index (Phi) is 6.84. The molecule has 4 aromatic carbocycles. The van der Waals surface area contributed by atoms with Crippen LogP contribution in [0.2, 0.25) is 0 Å². The normalized spacial score (nSPS) is 11.8. The number of para-hydroxylation sites is 2. The Bertz CT molecular complexity index is 1560. The fourth-order valence-corrected chi connectivity index (χ4v) is 4.86. The first kappa shape index (κ1) is 24.8. The second-order valence-electron chi connectivity index (χ2n) is 10.6. The molecule has 0 bridgehead atoms. The number of carbonyl (C=O) groups is 1. The van der Waals surface area contributed by atoms with Crippen molar-refractivity contribution in [1.29, 1.82) is 0 Å². The summed E-state index contributed by atoms with van der Waals surface area (Å²) in [5.74, 6) is 0.836. The molecule has 0 radical (unpaired) electrons. The molecule has 4 heteroatoms. The molecule has 0 fully saturated rings. The average molecular weight is 491 g/mol. The minimum absolute atomic E-state index is 0.297. The van der Waals surface area contributed by atoms with Gasteiger partial charge in [-0.25, -0.2) is 9.78 Å². The molecule has 0 aliphatic heterocycles. The van der Waals surface area contributed by atoms with Crippen molar-refractivity contribution in [3.05, 3.63) is 102 Å². The Morgan fingerprint density at radius 2 is 1.62 bits per heavy atom. The summed E-state index contributed by atoms with van der Waals surface area (Å²) in [5, 5.41) is 1.93. The van der Waals surface area contributed by atoms with Crippen LogP contribution >= 0.6 is 0 Å². The smallest absolute Gasteiger partial charge is 0.339 e. The van der Waals surface area contributed by atoms with Crippen LogP contribution in [0, 0.1) is 0 Å². The van der Waals surface area contributed by atoms with Crippen LogP contribution in [0.5, 0.6) is 0 Å². The number of esters is 1. The van der Waals surface area contributed by atoms with Crippen LogP contribution < -0.4 is 0 Å². The van der Waals surface area contributed by atoms with Gasteiger partial charge in [0.1, 0.15) is 11.4 Å². The number of benzene rings is 4. The number of rotatable bonds is 7. The third-order valence-electron chi connectivity index (χ3n) is 6.63. The van der Waals surface area contributed by atoms with Crippen LogP contribution in [0.4, 0.5) is 0 Å². The summed E-state index contributed by atoms with van der Waals surface area (Å²) in [6, 6.07) is 29.0. The molecule has 188 valence electrons. The van der Waals surface area contributed by atoms with Gasteiger partial charge in [0.2, 0.25) is 0 Å². The highest BCUT2D eigenvalue weighted by molar-refractivity contribution is 6.10. The first-order valence-electron chi connectivity index (χ1n) is 13.1. The lowest BCUT2D eigenvalue weighted by molar-refractivity contribution is 0.00727. The SMILES string of the molecule is CCCCc1nc2ccccc2n1Cc1ccc(-c2ccc3ccccc3c2C(=O)OC(C)(C)C)cc1. The Labute approximate surface area is 218 Å². The van der Waals surface area contributed by atoms with E-state index < -0.39 is 5.60 Å². The van der Waals surface area contributed by atoms with Gasteiger partial charge in [-0.2, -0.15) is 0 Å². The van der Waals surface area contributed by atoms with Gasteiger partial charge in [-0.15, -0.1) is 0 Å². The number of aryl methyl sites for hydroxylation is 1. The van der Waals surface area contributed by atoms with Crippen LogP contribution in [0.3, 0.4) is 0 Å². The maximum Gasteiger partial charge on any atom is 0.339 e. The predicted octanol–water partition coefficient (Wildman–Crippen LogP) is 8.20. The maximum absolute atomic E-state index is 13.4. The molecule has 4 nitrogen and oxygen atoms in total. The van der Waals surface area contributed by atoms with E-state index in [1.165, 1.54) is 11.1 Å². The van der Waals surface area contributed by atoms with Crippen molar-refractivity contribution >= 4 is 27.8 Å². The molecule has 1 heterocycles. The fourth-order valence-electron chi connectivity index (χ4n) is 4.86. The van der Waals surface area contributed by atoms with Crippen molar-refractivity contribution in [2.24, 2.45) is 0 Å². The number of fused-ring (bicyclic) bond motifs is 2. The van der Waals surface area contributed by atoms with E-state index in [1.54, 1.807) is 0 Å². The quantitative estimate of drug-likeness (QED) is 0.216. The van der Waals surface area contributed by atoms with Gasteiger partial charge in [0.25, 0.3) is 0 Å². The van der Waals surface area contributed by atoms with Crippen LogP contribution in [-0.2, 0) is 17.7 Å². The summed E-state index contributed by atoms with van der Waals surface area (Å²) in [6.07, 6.45) is 3.24. The van der Waals surface area contributed by atoms with Crippen molar-refractivity contribution < 1.29 is 9.53 Å². The zero-order chi connectivity index (χ0) is 26.0. The minimum Gasteiger partial charge on any atom is -0.456 e. The van der Waals surface area contributed by atoms with E-state index >= 15 is 0 Å². The molecule has 0 saturated heterocycles. The number of unbranched alkanes of at least 4 members (excludes halogenated alkanes) is 1. The maximum atomic E-state index is 13.4. The van der Waals surface area contributed by atoms with Crippen LogP contribution in [0.25, 0.3) is 32.9 Å².